The maximum atomic E-state index is 12.6. The van der Waals surface area contributed by atoms with Crippen molar-refractivity contribution >= 4 is 23.3 Å². The van der Waals surface area contributed by atoms with Gasteiger partial charge in [-0.25, -0.2) is 4.79 Å². The molecule has 1 saturated heterocycles. The van der Waals surface area contributed by atoms with Crippen molar-refractivity contribution < 1.29 is 13.9 Å². The molecule has 1 N–H and O–H groups in total. The Balaban J connectivity index is 1.67. The Labute approximate surface area is 140 Å². The second-order valence-electron chi connectivity index (χ2n) is 5.53. The van der Waals surface area contributed by atoms with E-state index in [-0.39, 0.29) is 12.1 Å². The lowest BCUT2D eigenvalue weighted by Crippen LogP contribution is -2.39. The molecule has 6 heteroatoms. The van der Waals surface area contributed by atoms with Gasteiger partial charge in [0.1, 0.15) is 5.76 Å². The molecule has 1 aliphatic heterocycles. The number of carbonyl (C=O) groups excluding carboxylic acids is 1. The number of rotatable bonds is 5. The molecule has 3 rings (SSSR count). The summed E-state index contributed by atoms with van der Waals surface area (Å²) in [6.45, 7) is 1.71. The number of furan rings is 1. The molecule has 1 fully saturated rings. The summed E-state index contributed by atoms with van der Waals surface area (Å²) in [5.41, 5.74) is 0.705. The Morgan fingerprint density at radius 2 is 2.13 bits per heavy atom. The highest BCUT2D eigenvalue weighted by Crippen LogP contribution is 2.18. The average molecular weight is 335 g/mol. The topological polar surface area (TPSA) is 54.7 Å². The van der Waals surface area contributed by atoms with Crippen molar-refractivity contribution in [2.45, 2.75) is 25.5 Å². The van der Waals surface area contributed by atoms with Crippen LogP contribution in [0.3, 0.4) is 0 Å². The number of nitrogens with one attached hydrogen (secondary N) is 1. The van der Waals surface area contributed by atoms with Gasteiger partial charge in [0.05, 0.1) is 18.9 Å². The number of anilines is 1. The number of amides is 2. The fraction of sp³-hybridized carbons (Fsp3) is 0.353. The van der Waals surface area contributed by atoms with Gasteiger partial charge in [0.25, 0.3) is 0 Å². The van der Waals surface area contributed by atoms with Crippen LogP contribution in [0.25, 0.3) is 0 Å². The lowest BCUT2D eigenvalue weighted by molar-refractivity contribution is 0.0803. The first-order valence-electron chi connectivity index (χ1n) is 7.66. The summed E-state index contributed by atoms with van der Waals surface area (Å²) in [4.78, 5) is 14.3. The zero-order valence-electron chi connectivity index (χ0n) is 12.7. The van der Waals surface area contributed by atoms with Crippen molar-refractivity contribution in [3.63, 3.8) is 0 Å². The van der Waals surface area contributed by atoms with Crippen LogP contribution >= 0.6 is 11.6 Å². The van der Waals surface area contributed by atoms with Gasteiger partial charge in [0, 0.05) is 23.9 Å². The van der Waals surface area contributed by atoms with Gasteiger partial charge in [0.15, 0.2) is 0 Å². The summed E-state index contributed by atoms with van der Waals surface area (Å²) in [6.07, 6.45) is 3.71. The molecule has 2 heterocycles. The van der Waals surface area contributed by atoms with Crippen LogP contribution in [0.1, 0.15) is 18.6 Å². The van der Waals surface area contributed by atoms with Crippen molar-refractivity contribution in [2.75, 3.05) is 18.5 Å². The van der Waals surface area contributed by atoms with Crippen LogP contribution < -0.4 is 5.32 Å². The minimum atomic E-state index is -0.181. The predicted molar refractivity (Wildman–Crippen MR) is 88.6 cm³/mol. The van der Waals surface area contributed by atoms with E-state index in [1.54, 1.807) is 35.4 Å². The summed E-state index contributed by atoms with van der Waals surface area (Å²) in [5.74, 6) is 0.745. The summed E-state index contributed by atoms with van der Waals surface area (Å²) in [5, 5.41) is 3.52. The highest BCUT2D eigenvalue weighted by Gasteiger charge is 2.23. The van der Waals surface area contributed by atoms with Gasteiger partial charge in [0.2, 0.25) is 0 Å². The maximum Gasteiger partial charge on any atom is 0.322 e. The normalized spacial score (nSPS) is 17.2. The van der Waals surface area contributed by atoms with E-state index >= 15 is 0 Å². The van der Waals surface area contributed by atoms with Gasteiger partial charge >= 0.3 is 6.03 Å². The number of carbonyl (C=O) groups is 1. The Morgan fingerprint density at radius 1 is 1.30 bits per heavy atom. The van der Waals surface area contributed by atoms with Gasteiger partial charge < -0.3 is 19.4 Å². The Morgan fingerprint density at radius 3 is 2.78 bits per heavy atom. The molecule has 0 spiro atoms. The molecular formula is C17H19ClN2O3. The van der Waals surface area contributed by atoms with E-state index in [1.165, 1.54) is 0 Å². The number of halogens is 1. The molecule has 2 aromatic rings. The van der Waals surface area contributed by atoms with Crippen LogP contribution in [0.15, 0.2) is 47.1 Å². The third kappa shape index (κ3) is 4.50. The van der Waals surface area contributed by atoms with E-state index in [0.29, 0.717) is 23.8 Å². The number of benzene rings is 1. The zero-order valence-corrected chi connectivity index (χ0v) is 13.5. The monoisotopic (exact) mass is 334 g/mol. The van der Waals surface area contributed by atoms with Gasteiger partial charge in [-0.15, -0.1) is 0 Å². The molecule has 1 aromatic carbocycles. The molecule has 5 nitrogen and oxygen atoms in total. The van der Waals surface area contributed by atoms with Crippen LogP contribution in [0.2, 0.25) is 5.02 Å². The Hall–Kier alpha value is -1.98. The Bertz CT molecular complexity index is 622. The molecule has 0 unspecified atom stereocenters. The quantitative estimate of drug-likeness (QED) is 0.893. The van der Waals surface area contributed by atoms with Crippen LogP contribution in [-0.2, 0) is 11.3 Å². The van der Waals surface area contributed by atoms with E-state index in [0.717, 1.165) is 25.2 Å². The molecule has 1 aromatic heterocycles. The molecule has 122 valence electrons. The fourth-order valence-corrected chi connectivity index (χ4v) is 2.71. The first kappa shape index (κ1) is 15.9. The fourth-order valence-electron chi connectivity index (χ4n) is 2.58. The number of ether oxygens (including phenoxy) is 1. The molecular weight excluding hydrogens is 316 g/mol. The van der Waals surface area contributed by atoms with Crippen molar-refractivity contribution in [1.82, 2.24) is 4.90 Å². The van der Waals surface area contributed by atoms with Crippen LogP contribution in [0, 0.1) is 0 Å². The Kier molecular flexibility index (Phi) is 5.20. The minimum absolute atomic E-state index is 0.0842. The number of hydrogen-bond donors (Lipinski definition) is 1. The molecule has 2 amide bonds. The number of nitrogens with zero attached hydrogens (tertiary/aromatic N) is 1. The van der Waals surface area contributed by atoms with Gasteiger partial charge in [-0.1, -0.05) is 11.6 Å². The molecule has 23 heavy (non-hydrogen) atoms. The highest BCUT2D eigenvalue weighted by molar-refractivity contribution is 6.30. The van der Waals surface area contributed by atoms with E-state index in [2.05, 4.69) is 5.32 Å². The third-order valence-corrected chi connectivity index (χ3v) is 4.01. The summed E-state index contributed by atoms with van der Waals surface area (Å²) in [7, 11) is 0. The number of hydrogen-bond acceptors (Lipinski definition) is 3. The lowest BCUT2D eigenvalue weighted by atomic mass is 10.2. The van der Waals surface area contributed by atoms with Crippen molar-refractivity contribution in [2.24, 2.45) is 0 Å². The van der Waals surface area contributed by atoms with Crippen LogP contribution in [-0.4, -0.2) is 30.2 Å². The van der Waals surface area contributed by atoms with E-state index < -0.39 is 0 Å². The highest BCUT2D eigenvalue weighted by atomic mass is 35.5. The molecule has 0 bridgehead atoms. The first-order chi connectivity index (χ1) is 11.2. The van der Waals surface area contributed by atoms with Crippen molar-refractivity contribution in [3.8, 4) is 0 Å². The number of urea groups is 1. The second kappa shape index (κ2) is 7.53. The zero-order chi connectivity index (χ0) is 16.1. The summed E-state index contributed by atoms with van der Waals surface area (Å²) in [6, 6.07) is 10.5. The summed E-state index contributed by atoms with van der Waals surface area (Å²) < 4.78 is 11.0. The average Bonchev–Trinajstić information content (AvgIpc) is 3.22. The van der Waals surface area contributed by atoms with Gasteiger partial charge in [-0.05, 0) is 49.2 Å². The predicted octanol–water partition coefficient (Wildman–Crippen LogP) is 4.15. The van der Waals surface area contributed by atoms with Crippen molar-refractivity contribution in [3.05, 3.63) is 53.4 Å². The standard InChI is InChI=1S/C17H19ClN2O3/c18-13-5-7-14(8-6-13)19-17(21)20(11-15-3-1-9-22-15)12-16-4-2-10-23-16/h1,3,5-9,16H,2,4,10-12H2,(H,19,21)/t16-/m1/s1. The first-order valence-corrected chi connectivity index (χ1v) is 8.04. The van der Waals surface area contributed by atoms with Crippen LogP contribution in [0.4, 0.5) is 10.5 Å². The van der Waals surface area contributed by atoms with Gasteiger partial charge in [-0.2, -0.15) is 0 Å². The molecule has 1 atom stereocenters. The second-order valence-corrected chi connectivity index (χ2v) is 5.97. The molecule has 0 saturated carbocycles. The molecule has 1 aliphatic rings. The minimum Gasteiger partial charge on any atom is -0.467 e. The smallest absolute Gasteiger partial charge is 0.322 e. The van der Waals surface area contributed by atoms with E-state index in [9.17, 15) is 4.79 Å². The third-order valence-electron chi connectivity index (χ3n) is 3.76. The molecule has 0 aliphatic carbocycles. The summed E-state index contributed by atoms with van der Waals surface area (Å²) >= 11 is 5.87. The largest absolute Gasteiger partial charge is 0.467 e. The van der Waals surface area contributed by atoms with Crippen molar-refractivity contribution in [1.29, 1.82) is 0 Å². The SMILES string of the molecule is O=C(Nc1ccc(Cl)cc1)N(Cc1ccco1)C[C@H]1CCCO1. The lowest BCUT2D eigenvalue weighted by Gasteiger charge is -2.25. The van der Waals surface area contributed by atoms with E-state index in [1.807, 2.05) is 12.1 Å². The molecule has 0 radical (unpaired) electrons. The van der Waals surface area contributed by atoms with Crippen LogP contribution in [0.5, 0.6) is 0 Å². The van der Waals surface area contributed by atoms with E-state index in [4.69, 9.17) is 20.8 Å². The maximum absolute atomic E-state index is 12.6. The van der Waals surface area contributed by atoms with Gasteiger partial charge in [-0.3, -0.25) is 0 Å².